The molecule has 1 N–H and O–H groups in total. The van der Waals surface area contributed by atoms with Crippen LogP contribution in [0.5, 0.6) is 0 Å². The zero-order valence-corrected chi connectivity index (χ0v) is 11.1. The summed E-state index contributed by atoms with van der Waals surface area (Å²) in [4.78, 5) is 26.1. The molecule has 0 unspecified atom stereocenters. The molecule has 0 aliphatic heterocycles. The van der Waals surface area contributed by atoms with Crippen LogP contribution in [0.1, 0.15) is 16.1 Å². The summed E-state index contributed by atoms with van der Waals surface area (Å²) in [7, 11) is 1.23. The molecule has 6 heteroatoms. The van der Waals surface area contributed by atoms with Gasteiger partial charge in [-0.1, -0.05) is 23.2 Å². The van der Waals surface area contributed by atoms with E-state index in [4.69, 9.17) is 23.2 Å². The molecule has 0 saturated carbocycles. The molecule has 1 heterocycles. The van der Waals surface area contributed by atoms with Gasteiger partial charge >= 0.3 is 5.97 Å². The Labute approximate surface area is 112 Å². The van der Waals surface area contributed by atoms with Gasteiger partial charge in [-0.05, 0) is 18.6 Å². The van der Waals surface area contributed by atoms with E-state index in [9.17, 15) is 9.59 Å². The topological polar surface area (TPSA) is 59.2 Å². The van der Waals surface area contributed by atoms with E-state index in [1.165, 1.54) is 7.11 Å². The number of halogens is 2. The number of H-pyrrole nitrogens is 1. The van der Waals surface area contributed by atoms with Crippen LogP contribution in [-0.4, -0.2) is 18.1 Å². The highest BCUT2D eigenvalue weighted by Gasteiger charge is 2.15. The number of carbonyl (C=O) groups excluding carboxylic acids is 1. The van der Waals surface area contributed by atoms with Crippen molar-refractivity contribution < 1.29 is 9.53 Å². The van der Waals surface area contributed by atoms with Crippen LogP contribution in [0.2, 0.25) is 10.0 Å². The van der Waals surface area contributed by atoms with Crippen LogP contribution >= 0.6 is 23.2 Å². The van der Waals surface area contributed by atoms with Gasteiger partial charge in [0.1, 0.15) is 5.69 Å². The molecule has 2 rings (SSSR count). The predicted octanol–water partition coefficient (Wildman–Crippen LogP) is 2.93. The van der Waals surface area contributed by atoms with Crippen molar-refractivity contribution >= 4 is 40.1 Å². The molecule has 0 aliphatic carbocycles. The SMILES string of the molecule is COC(=O)c1cc(=O)c2c(Cl)c(C)cc(Cl)c2[nH]1. The highest BCUT2D eigenvalue weighted by molar-refractivity contribution is 6.40. The minimum absolute atomic E-state index is 0.0387. The number of aromatic amines is 1. The summed E-state index contributed by atoms with van der Waals surface area (Å²) in [6, 6.07) is 2.78. The maximum atomic E-state index is 12.0. The lowest BCUT2D eigenvalue weighted by Gasteiger charge is -2.07. The summed E-state index contributed by atoms with van der Waals surface area (Å²) in [6.45, 7) is 1.75. The first-order valence-electron chi connectivity index (χ1n) is 5.05. The number of esters is 1. The summed E-state index contributed by atoms with van der Waals surface area (Å²) in [5.41, 5.74) is 0.697. The van der Waals surface area contributed by atoms with E-state index < -0.39 is 5.97 Å². The average Bonchev–Trinajstić information content (AvgIpc) is 2.34. The van der Waals surface area contributed by atoms with E-state index in [-0.39, 0.29) is 16.5 Å². The molecule has 94 valence electrons. The highest BCUT2D eigenvalue weighted by Crippen LogP contribution is 2.29. The fourth-order valence-electron chi connectivity index (χ4n) is 1.70. The van der Waals surface area contributed by atoms with Crippen LogP contribution in [0.4, 0.5) is 0 Å². The normalized spacial score (nSPS) is 10.7. The second-order valence-electron chi connectivity index (χ2n) is 3.78. The third-order valence-corrected chi connectivity index (χ3v) is 3.37. The molecule has 0 radical (unpaired) electrons. The van der Waals surface area contributed by atoms with Gasteiger partial charge in [0.25, 0.3) is 0 Å². The molecular formula is C12H9Cl2NO3. The number of carbonyl (C=O) groups is 1. The fraction of sp³-hybridized carbons (Fsp3) is 0.167. The molecule has 2 aromatic rings. The van der Waals surface area contributed by atoms with E-state index in [2.05, 4.69) is 9.72 Å². The van der Waals surface area contributed by atoms with Crippen molar-refractivity contribution in [3.63, 3.8) is 0 Å². The Hall–Kier alpha value is -1.52. The molecule has 4 nitrogen and oxygen atoms in total. The third kappa shape index (κ3) is 1.98. The van der Waals surface area contributed by atoms with Crippen molar-refractivity contribution in [2.24, 2.45) is 0 Å². The number of aryl methyl sites for hydroxylation is 1. The average molecular weight is 286 g/mol. The van der Waals surface area contributed by atoms with Gasteiger partial charge in [0.2, 0.25) is 0 Å². The number of rotatable bonds is 1. The van der Waals surface area contributed by atoms with E-state index in [1.54, 1.807) is 13.0 Å². The van der Waals surface area contributed by atoms with Gasteiger partial charge in [-0.15, -0.1) is 0 Å². The van der Waals surface area contributed by atoms with Crippen molar-refractivity contribution in [3.8, 4) is 0 Å². The molecule has 0 fully saturated rings. The van der Waals surface area contributed by atoms with Crippen molar-refractivity contribution in [1.29, 1.82) is 0 Å². The Bertz CT molecular complexity index is 707. The van der Waals surface area contributed by atoms with Crippen LogP contribution in [0.15, 0.2) is 16.9 Å². The predicted molar refractivity (Wildman–Crippen MR) is 70.7 cm³/mol. The van der Waals surface area contributed by atoms with Crippen LogP contribution in [0.25, 0.3) is 10.9 Å². The van der Waals surface area contributed by atoms with Gasteiger partial charge in [-0.2, -0.15) is 0 Å². The number of nitrogens with one attached hydrogen (secondary N) is 1. The first kappa shape index (κ1) is 12.9. The lowest BCUT2D eigenvalue weighted by molar-refractivity contribution is 0.0594. The zero-order valence-electron chi connectivity index (χ0n) is 9.64. The molecule has 1 aromatic heterocycles. The van der Waals surface area contributed by atoms with Crippen molar-refractivity contribution in [2.45, 2.75) is 6.92 Å². The summed E-state index contributed by atoms with van der Waals surface area (Å²) in [5, 5.41) is 0.927. The molecule has 0 atom stereocenters. The summed E-state index contributed by atoms with van der Waals surface area (Å²) < 4.78 is 4.55. The second kappa shape index (κ2) is 4.63. The number of methoxy groups -OCH3 is 1. The third-order valence-electron chi connectivity index (χ3n) is 2.58. The number of ether oxygens (including phenoxy) is 1. The Morgan fingerprint density at radius 1 is 1.33 bits per heavy atom. The van der Waals surface area contributed by atoms with Gasteiger partial charge in [0.05, 0.1) is 28.1 Å². The van der Waals surface area contributed by atoms with Crippen LogP contribution < -0.4 is 5.43 Å². The van der Waals surface area contributed by atoms with Crippen molar-refractivity contribution in [2.75, 3.05) is 7.11 Å². The van der Waals surface area contributed by atoms with Gasteiger partial charge in [0.15, 0.2) is 5.43 Å². The number of pyridine rings is 1. The zero-order chi connectivity index (χ0) is 13.4. The quantitative estimate of drug-likeness (QED) is 0.820. The molecule has 0 amide bonds. The van der Waals surface area contributed by atoms with Gasteiger partial charge in [-0.3, -0.25) is 4.79 Å². The van der Waals surface area contributed by atoms with Crippen LogP contribution in [-0.2, 0) is 4.74 Å². The van der Waals surface area contributed by atoms with E-state index in [1.807, 2.05) is 0 Å². The first-order chi connectivity index (χ1) is 8.45. The van der Waals surface area contributed by atoms with Crippen molar-refractivity contribution in [3.05, 3.63) is 43.7 Å². The molecule has 0 bridgehead atoms. The molecule has 0 spiro atoms. The number of fused-ring (bicyclic) bond motifs is 1. The minimum atomic E-state index is -0.637. The number of hydrogen-bond donors (Lipinski definition) is 1. The summed E-state index contributed by atoms with van der Waals surface area (Å²) >= 11 is 12.1. The van der Waals surface area contributed by atoms with Crippen LogP contribution in [0.3, 0.4) is 0 Å². The lowest BCUT2D eigenvalue weighted by Crippen LogP contribution is -2.12. The largest absolute Gasteiger partial charge is 0.464 e. The Balaban J connectivity index is 2.91. The second-order valence-corrected chi connectivity index (χ2v) is 4.56. The maximum Gasteiger partial charge on any atom is 0.354 e. The molecule has 1 aromatic carbocycles. The van der Waals surface area contributed by atoms with Crippen molar-refractivity contribution in [1.82, 2.24) is 4.98 Å². The molecule has 18 heavy (non-hydrogen) atoms. The Morgan fingerprint density at radius 3 is 2.61 bits per heavy atom. The number of hydrogen-bond acceptors (Lipinski definition) is 3. The molecular weight excluding hydrogens is 277 g/mol. The van der Waals surface area contributed by atoms with Gasteiger partial charge < -0.3 is 9.72 Å². The standard InChI is InChI=1S/C12H9Cl2NO3/c1-5-3-6(13)11-9(10(5)14)8(16)4-7(15-11)12(17)18-2/h3-4H,1-2H3,(H,15,16). The smallest absolute Gasteiger partial charge is 0.354 e. The van der Waals surface area contributed by atoms with Gasteiger partial charge in [-0.25, -0.2) is 4.79 Å². The molecule has 0 saturated heterocycles. The van der Waals surface area contributed by atoms with E-state index in [0.29, 0.717) is 21.1 Å². The van der Waals surface area contributed by atoms with Crippen LogP contribution in [0, 0.1) is 6.92 Å². The summed E-state index contributed by atoms with van der Waals surface area (Å²) in [6.07, 6.45) is 0. The van der Waals surface area contributed by atoms with E-state index in [0.717, 1.165) is 6.07 Å². The minimum Gasteiger partial charge on any atom is -0.464 e. The number of benzene rings is 1. The van der Waals surface area contributed by atoms with E-state index >= 15 is 0 Å². The Kier molecular flexibility index (Phi) is 3.32. The summed E-state index contributed by atoms with van der Waals surface area (Å²) in [5.74, 6) is -0.637. The highest BCUT2D eigenvalue weighted by atomic mass is 35.5. The number of aromatic nitrogens is 1. The Morgan fingerprint density at radius 2 is 2.00 bits per heavy atom. The first-order valence-corrected chi connectivity index (χ1v) is 5.81. The fourth-order valence-corrected chi connectivity index (χ4v) is 2.25. The maximum absolute atomic E-state index is 12.0. The van der Waals surface area contributed by atoms with Gasteiger partial charge in [0, 0.05) is 6.07 Å². The lowest BCUT2D eigenvalue weighted by atomic mass is 10.1. The monoisotopic (exact) mass is 285 g/mol. The molecule has 0 aliphatic rings.